The number of hydrogen-bond acceptors (Lipinski definition) is 6. The maximum atomic E-state index is 12.0. The molecule has 4 heterocycles. The molecule has 23 heavy (non-hydrogen) atoms. The Bertz CT molecular complexity index is 698. The molecule has 3 aliphatic heterocycles. The van der Waals surface area contributed by atoms with Crippen LogP contribution in [0.3, 0.4) is 0 Å². The highest BCUT2D eigenvalue weighted by Crippen LogP contribution is 2.56. The molecule has 1 spiro atoms. The molecule has 2 unspecified atom stereocenters. The largest absolute Gasteiger partial charge is 0.450 e. The van der Waals surface area contributed by atoms with E-state index in [1.807, 2.05) is 10.9 Å². The minimum absolute atomic E-state index is 0.173. The fourth-order valence-electron chi connectivity index (χ4n) is 5.20. The summed E-state index contributed by atoms with van der Waals surface area (Å²) in [5.41, 5.74) is 7.27. The number of ether oxygens (including phenoxy) is 1. The van der Waals surface area contributed by atoms with Gasteiger partial charge in [-0.25, -0.2) is 9.48 Å². The van der Waals surface area contributed by atoms with Gasteiger partial charge in [-0.1, -0.05) is 11.6 Å². The summed E-state index contributed by atoms with van der Waals surface area (Å²) in [4.78, 5) is 14.6. The quantitative estimate of drug-likeness (QED) is 0.801. The van der Waals surface area contributed by atoms with Crippen molar-refractivity contribution < 1.29 is 9.53 Å². The first-order valence-electron chi connectivity index (χ1n) is 8.52. The highest BCUT2D eigenvalue weighted by Gasteiger charge is 2.64. The van der Waals surface area contributed by atoms with Crippen molar-refractivity contribution >= 4 is 5.97 Å². The lowest BCUT2D eigenvalue weighted by atomic mass is 9.75. The van der Waals surface area contributed by atoms with Crippen LogP contribution < -0.4 is 5.73 Å². The molecule has 1 saturated carbocycles. The van der Waals surface area contributed by atoms with Crippen LogP contribution in [0.15, 0.2) is 17.8 Å². The van der Waals surface area contributed by atoms with Crippen LogP contribution in [-0.4, -0.2) is 50.1 Å². The van der Waals surface area contributed by atoms with Crippen molar-refractivity contribution in [1.82, 2.24) is 19.9 Å². The van der Waals surface area contributed by atoms with Gasteiger partial charge in [0.15, 0.2) is 5.60 Å². The van der Waals surface area contributed by atoms with Crippen molar-refractivity contribution in [3.05, 3.63) is 23.5 Å². The van der Waals surface area contributed by atoms with E-state index in [0.29, 0.717) is 18.6 Å². The number of rotatable bonds is 2. The zero-order chi connectivity index (χ0) is 15.6. The number of carbonyl (C=O) groups excluding carboxylic acids is 1. The van der Waals surface area contributed by atoms with E-state index >= 15 is 0 Å². The summed E-state index contributed by atoms with van der Waals surface area (Å²) in [7, 11) is 0. The molecule has 4 atom stereocenters. The van der Waals surface area contributed by atoms with Crippen LogP contribution in [0.4, 0.5) is 0 Å². The number of piperidine rings is 1. The normalized spacial score (nSPS) is 38.9. The van der Waals surface area contributed by atoms with Gasteiger partial charge in [0.05, 0.1) is 24.0 Å². The number of aromatic nitrogens is 3. The first-order chi connectivity index (χ1) is 11.2. The van der Waals surface area contributed by atoms with Crippen molar-refractivity contribution in [2.75, 3.05) is 6.54 Å². The van der Waals surface area contributed by atoms with Gasteiger partial charge in [0.25, 0.3) is 0 Å². The fraction of sp³-hybridized carbons (Fsp3) is 0.688. The average Bonchev–Trinajstić information content (AvgIpc) is 3.23. The second-order valence-electron chi connectivity index (χ2n) is 7.17. The average molecular weight is 315 g/mol. The number of esters is 1. The van der Waals surface area contributed by atoms with Gasteiger partial charge in [0.1, 0.15) is 0 Å². The van der Waals surface area contributed by atoms with E-state index in [1.54, 1.807) is 6.08 Å². The maximum Gasteiger partial charge on any atom is 0.331 e. The van der Waals surface area contributed by atoms with Gasteiger partial charge in [-0.15, -0.1) is 5.10 Å². The summed E-state index contributed by atoms with van der Waals surface area (Å²) in [6.07, 6.45) is 8.92. The molecule has 5 rings (SSSR count). The molecule has 0 aromatic carbocycles. The molecular formula is C16H21N5O2. The van der Waals surface area contributed by atoms with Crippen LogP contribution in [0, 0.1) is 0 Å². The van der Waals surface area contributed by atoms with Crippen molar-refractivity contribution in [2.45, 2.75) is 62.4 Å². The third-order valence-corrected chi connectivity index (χ3v) is 6.12. The van der Waals surface area contributed by atoms with Crippen LogP contribution in [0.1, 0.15) is 43.8 Å². The summed E-state index contributed by atoms with van der Waals surface area (Å²) in [6, 6.07) is 0.900. The predicted octanol–water partition coefficient (Wildman–Crippen LogP) is 0.530. The highest BCUT2D eigenvalue weighted by molar-refractivity contribution is 5.87. The number of carbonyl (C=O) groups is 1. The number of nitrogens with two attached hydrogens (primary N) is 1. The van der Waals surface area contributed by atoms with Gasteiger partial charge in [0, 0.05) is 25.1 Å². The van der Waals surface area contributed by atoms with Crippen molar-refractivity contribution in [3.63, 3.8) is 0 Å². The minimum atomic E-state index is -0.365. The van der Waals surface area contributed by atoms with Crippen LogP contribution in [-0.2, 0) is 16.1 Å². The van der Waals surface area contributed by atoms with Crippen molar-refractivity contribution in [3.8, 4) is 0 Å². The van der Waals surface area contributed by atoms with Gasteiger partial charge in [-0.2, -0.15) is 0 Å². The Morgan fingerprint density at radius 2 is 2.30 bits per heavy atom. The summed E-state index contributed by atoms with van der Waals surface area (Å²) in [5.74, 6) is -0.173. The van der Waals surface area contributed by atoms with Gasteiger partial charge in [0.2, 0.25) is 0 Å². The van der Waals surface area contributed by atoms with Gasteiger partial charge in [-0.3, -0.25) is 4.90 Å². The topological polar surface area (TPSA) is 86.3 Å². The number of hydrogen-bond donors (Lipinski definition) is 1. The molecule has 7 heteroatoms. The maximum absolute atomic E-state index is 12.0. The molecule has 1 aliphatic carbocycles. The lowest BCUT2D eigenvalue weighted by Gasteiger charge is -2.37. The predicted molar refractivity (Wildman–Crippen MR) is 81.2 cm³/mol. The molecule has 122 valence electrons. The van der Waals surface area contributed by atoms with E-state index in [2.05, 4.69) is 15.2 Å². The number of fused-ring (bicyclic) bond motifs is 3. The molecule has 7 nitrogen and oxygen atoms in total. The molecule has 0 amide bonds. The zero-order valence-corrected chi connectivity index (χ0v) is 13.0. The molecule has 0 radical (unpaired) electrons. The van der Waals surface area contributed by atoms with Gasteiger partial charge < -0.3 is 10.5 Å². The van der Waals surface area contributed by atoms with Crippen LogP contribution in [0.25, 0.3) is 0 Å². The van der Waals surface area contributed by atoms with Crippen LogP contribution in [0.2, 0.25) is 0 Å². The van der Waals surface area contributed by atoms with E-state index in [1.165, 1.54) is 12.8 Å². The Hall–Kier alpha value is -1.73. The molecule has 1 aromatic heterocycles. The molecule has 2 N–H and O–H groups in total. The van der Waals surface area contributed by atoms with E-state index in [4.69, 9.17) is 10.5 Å². The molecule has 2 bridgehead atoms. The molecule has 2 saturated heterocycles. The lowest BCUT2D eigenvalue weighted by molar-refractivity contribution is -0.148. The second kappa shape index (κ2) is 4.64. The first kappa shape index (κ1) is 13.7. The molecule has 4 aliphatic rings. The fourth-order valence-corrected chi connectivity index (χ4v) is 5.20. The SMILES string of the molecule is NCc1cn(C2CC3=CC(=O)O[C@@]34C[C@@H]2N2CCCCC24)nn1. The summed E-state index contributed by atoms with van der Waals surface area (Å²) in [6.45, 7) is 1.48. The standard InChI is InChI=1S/C16H21N5O2/c17-8-11-9-21(19-18-11)12-5-10-6-15(22)23-16(10)7-13(12)20-4-2-1-3-14(16)20/h6,9,12-14H,1-5,7-8,17H2/t12?,13-,14?,16-/m0/s1. The minimum Gasteiger partial charge on any atom is -0.450 e. The summed E-state index contributed by atoms with van der Waals surface area (Å²) < 4.78 is 7.84. The van der Waals surface area contributed by atoms with E-state index in [9.17, 15) is 4.79 Å². The Kier molecular flexibility index (Phi) is 2.76. The van der Waals surface area contributed by atoms with E-state index in [0.717, 1.165) is 37.1 Å². The van der Waals surface area contributed by atoms with Gasteiger partial charge in [-0.05, 0) is 31.4 Å². The van der Waals surface area contributed by atoms with E-state index in [-0.39, 0.29) is 17.6 Å². The third kappa shape index (κ3) is 1.74. The molecular weight excluding hydrogens is 294 g/mol. The third-order valence-electron chi connectivity index (χ3n) is 6.12. The number of nitrogens with zero attached hydrogens (tertiary/aromatic N) is 4. The van der Waals surface area contributed by atoms with Crippen molar-refractivity contribution in [2.24, 2.45) is 5.73 Å². The van der Waals surface area contributed by atoms with Gasteiger partial charge >= 0.3 is 5.97 Å². The molecule has 1 aromatic rings. The summed E-state index contributed by atoms with van der Waals surface area (Å²) in [5, 5.41) is 8.45. The smallest absolute Gasteiger partial charge is 0.331 e. The van der Waals surface area contributed by atoms with Crippen LogP contribution >= 0.6 is 0 Å². The lowest BCUT2D eigenvalue weighted by Crippen LogP contribution is -2.48. The van der Waals surface area contributed by atoms with E-state index < -0.39 is 0 Å². The highest BCUT2D eigenvalue weighted by atomic mass is 16.6. The Balaban J connectivity index is 1.58. The Morgan fingerprint density at radius 1 is 1.39 bits per heavy atom. The first-order valence-corrected chi connectivity index (χ1v) is 8.52. The second-order valence-corrected chi connectivity index (χ2v) is 7.17. The Morgan fingerprint density at radius 3 is 3.13 bits per heavy atom. The molecule has 3 fully saturated rings. The zero-order valence-electron chi connectivity index (χ0n) is 13.0. The Labute approximate surface area is 134 Å². The van der Waals surface area contributed by atoms with Crippen LogP contribution in [0.5, 0.6) is 0 Å². The van der Waals surface area contributed by atoms with Crippen molar-refractivity contribution in [1.29, 1.82) is 0 Å². The monoisotopic (exact) mass is 315 g/mol. The summed E-state index contributed by atoms with van der Waals surface area (Å²) >= 11 is 0.